The maximum Gasteiger partial charge on any atom is 0.266 e. The van der Waals surface area contributed by atoms with E-state index in [0.717, 1.165) is 17.0 Å². The minimum Gasteiger partial charge on any atom is -0.493 e. The van der Waals surface area contributed by atoms with Crippen molar-refractivity contribution in [3.8, 4) is 11.4 Å². The first-order valence-electron chi connectivity index (χ1n) is 9.12. The molecule has 0 atom stereocenters. The zero-order valence-electron chi connectivity index (χ0n) is 15.5. The van der Waals surface area contributed by atoms with Crippen molar-refractivity contribution in [2.24, 2.45) is 0 Å². The van der Waals surface area contributed by atoms with Crippen LogP contribution < -0.4 is 10.3 Å². The number of para-hydroxylation sites is 2. The molecule has 4 nitrogen and oxygen atoms in total. The van der Waals surface area contributed by atoms with Gasteiger partial charge >= 0.3 is 0 Å². The molecule has 0 amide bonds. The molecule has 0 aliphatic heterocycles. The Bertz CT molecular complexity index is 1140. The molecule has 0 aliphatic rings. The van der Waals surface area contributed by atoms with E-state index in [1.807, 2.05) is 85.8 Å². The van der Waals surface area contributed by atoms with Gasteiger partial charge in [-0.25, -0.2) is 4.98 Å². The van der Waals surface area contributed by atoms with Crippen molar-refractivity contribution in [2.45, 2.75) is 12.1 Å². The molecule has 140 valence electrons. The molecule has 0 spiro atoms. The predicted octanol–water partition coefficient (Wildman–Crippen LogP) is 4.87. The van der Waals surface area contributed by atoms with Crippen molar-refractivity contribution in [2.75, 3.05) is 12.4 Å². The molecule has 0 fully saturated rings. The molecule has 5 heteroatoms. The molecule has 1 aromatic heterocycles. The van der Waals surface area contributed by atoms with Crippen LogP contribution in [-0.4, -0.2) is 21.9 Å². The van der Waals surface area contributed by atoms with Crippen LogP contribution >= 0.6 is 11.8 Å². The molecule has 0 N–H and O–H groups in total. The zero-order valence-corrected chi connectivity index (χ0v) is 16.4. The highest BCUT2D eigenvalue weighted by Crippen LogP contribution is 2.22. The third-order valence-corrected chi connectivity index (χ3v) is 5.27. The van der Waals surface area contributed by atoms with Gasteiger partial charge in [0.1, 0.15) is 5.75 Å². The van der Waals surface area contributed by atoms with Crippen molar-refractivity contribution in [1.82, 2.24) is 9.55 Å². The highest BCUT2D eigenvalue weighted by molar-refractivity contribution is 7.99. The number of nitrogens with zero attached hydrogens (tertiary/aromatic N) is 2. The van der Waals surface area contributed by atoms with E-state index >= 15 is 0 Å². The lowest BCUT2D eigenvalue weighted by Crippen LogP contribution is -2.22. The monoisotopic (exact) mass is 388 g/mol. The second-order valence-corrected chi connectivity index (χ2v) is 7.46. The van der Waals surface area contributed by atoms with Gasteiger partial charge in [-0.05, 0) is 43.3 Å². The Hall–Kier alpha value is -3.05. The maximum atomic E-state index is 13.2. The summed E-state index contributed by atoms with van der Waals surface area (Å²) in [7, 11) is 0. The van der Waals surface area contributed by atoms with E-state index in [9.17, 15) is 4.79 Å². The van der Waals surface area contributed by atoms with Crippen LogP contribution in [0.15, 0.2) is 88.8 Å². The minimum atomic E-state index is -0.0547. The third kappa shape index (κ3) is 3.94. The number of rotatable bonds is 6. The summed E-state index contributed by atoms with van der Waals surface area (Å²) in [6.45, 7) is 2.56. The SMILES string of the molecule is Cc1ccc(-n2c(SCCOc3ccccc3)nc3ccccc3c2=O)cc1. The fraction of sp³-hybridized carbons (Fsp3) is 0.130. The van der Waals surface area contributed by atoms with Crippen LogP contribution in [0, 0.1) is 6.92 Å². The molecule has 4 aromatic rings. The van der Waals surface area contributed by atoms with E-state index < -0.39 is 0 Å². The number of fused-ring (bicyclic) bond motifs is 1. The van der Waals surface area contributed by atoms with E-state index in [1.165, 1.54) is 11.8 Å². The largest absolute Gasteiger partial charge is 0.493 e. The fourth-order valence-corrected chi connectivity index (χ4v) is 3.77. The van der Waals surface area contributed by atoms with Gasteiger partial charge in [0.25, 0.3) is 5.56 Å². The van der Waals surface area contributed by atoms with Gasteiger partial charge < -0.3 is 4.74 Å². The van der Waals surface area contributed by atoms with Crippen LogP contribution in [0.1, 0.15) is 5.56 Å². The van der Waals surface area contributed by atoms with E-state index in [4.69, 9.17) is 9.72 Å². The Kier molecular flexibility index (Phi) is 5.44. The first-order valence-corrected chi connectivity index (χ1v) is 10.1. The highest BCUT2D eigenvalue weighted by atomic mass is 32.2. The van der Waals surface area contributed by atoms with Crippen LogP contribution in [0.25, 0.3) is 16.6 Å². The average molecular weight is 388 g/mol. The van der Waals surface area contributed by atoms with Gasteiger partial charge in [0.15, 0.2) is 5.16 Å². The molecule has 0 saturated carbocycles. The van der Waals surface area contributed by atoms with Gasteiger partial charge in [0.05, 0.1) is 23.2 Å². The van der Waals surface area contributed by atoms with E-state index in [2.05, 4.69) is 0 Å². The number of aromatic nitrogens is 2. The summed E-state index contributed by atoms with van der Waals surface area (Å²) in [5.74, 6) is 1.52. The number of thioether (sulfide) groups is 1. The summed E-state index contributed by atoms with van der Waals surface area (Å²) >= 11 is 1.52. The second kappa shape index (κ2) is 8.31. The number of hydrogen-bond donors (Lipinski definition) is 0. The van der Waals surface area contributed by atoms with Crippen LogP contribution in [-0.2, 0) is 0 Å². The average Bonchev–Trinajstić information content (AvgIpc) is 2.73. The van der Waals surface area contributed by atoms with Gasteiger partial charge in [-0.1, -0.05) is 59.8 Å². The summed E-state index contributed by atoms with van der Waals surface area (Å²) < 4.78 is 7.46. The Morgan fingerprint density at radius 2 is 1.64 bits per heavy atom. The van der Waals surface area contributed by atoms with Crippen molar-refractivity contribution >= 4 is 22.7 Å². The predicted molar refractivity (Wildman–Crippen MR) is 115 cm³/mol. The van der Waals surface area contributed by atoms with E-state index in [-0.39, 0.29) is 5.56 Å². The summed E-state index contributed by atoms with van der Waals surface area (Å²) in [5, 5.41) is 1.29. The molecule has 1 heterocycles. The lowest BCUT2D eigenvalue weighted by molar-refractivity contribution is 0.344. The molecule has 0 unspecified atom stereocenters. The number of hydrogen-bond acceptors (Lipinski definition) is 4. The molecule has 0 bridgehead atoms. The Balaban J connectivity index is 1.64. The molecule has 0 aliphatic carbocycles. The molecule has 28 heavy (non-hydrogen) atoms. The number of aryl methyl sites for hydroxylation is 1. The molecule has 4 rings (SSSR count). The smallest absolute Gasteiger partial charge is 0.266 e. The van der Waals surface area contributed by atoms with Gasteiger partial charge in [-0.15, -0.1) is 0 Å². The zero-order chi connectivity index (χ0) is 19.3. The van der Waals surface area contributed by atoms with Crippen LogP contribution in [0.3, 0.4) is 0 Å². The summed E-state index contributed by atoms with van der Waals surface area (Å²) in [6, 6.07) is 25.1. The van der Waals surface area contributed by atoms with Crippen molar-refractivity contribution in [1.29, 1.82) is 0 Å². The summed E-state index contributed by atoms with van der Waals surface area (Å²) in [5.41, 5.74) is 2.62. The Morgan fingerprint density at radius 3 is 2.43 bits per heavy atom. The topological polar surface area (TPSA) is 44.1 Å². The van der Waals surface area contributed by atoms with Crippen LogP contribution in [0.5, 0.6) is 5.75 Å². The molecule has 0 radical (unpaired) electrons. The molecule has 0 saturated heterocycles. The Labute approximate surface area is 167 Å². The highest BCUT2D eigenvalue weighted by Gasteiger charge is 2.13. The van der Waals surface area contributed by atoms with Gasteiger partial charge in [-0.3, -0.25) is 9.36 Å². The number of benzene rings is 3. The third-order valence-electron chi connectivity index (χ3n) is 4.36. The quantitative estimate of drug-likeness (QED) is 0.269. The number of ether oxygens (including phenoxy) is 1. The Morgan fingerprint density at radius 1 is 0.929 bits per heavy atom. The van der Waals surface area contributed by atoms with Gasteiger partial charge in [0, 0.05) is 5.75 Å². The van der Waals surface area contributed by atoms with Crippen LogP contribution in [0.2, 0.25) is 0 Å². The van der Waals surface area contributed by atoms with Crippen molar-refractivity contribution in [3.05, 3.63) is 94.8 Å². The standard InChI is InChI=1S/C23H20N2O2S/c1-17-11-13-18(14-12-17)25-22(26)20-9-5-6-10-21(20)24-23(25)28-16-15-27-19-7-3-2-4-8-19/h2-14H,15-16H2,1H3. The van der Waals surface area contributed by atoms with E-state index in [1.54, 1.807) is 4.57 Å². The first kappa shape index (κ1) is 18.3. The fourth-order valence-electron chi connectivity index (χ4n) is 2.94. The lowest BCUT2D eigenvalue weighted by atomic mass is 10.2. The maximum absolute atomic E-state index is 13.2. The lowest BCUT2D eigenvalue weighted by Gasteiger charge is -2.13. The van der Waals surface area contributed by atoms with Crippen LogP contribution in [0.4, 0.5) is 0 Å². The van der Waals surface area contributed by atoms with Crippen molar-refractivity contribution < 1.29 is 4.74 Å². The first-order chi connectivity index (χ1) is 13.7. The minimum absolute atomic E-state index is 0.0547. The summed E-state index contributed by atoms with van der Waals surface area (Å²) in [4.78, 5) is 17.9. The van der Waals surface area contributed by atoms with E-state index in [0.29, 0.717) is 28.4 Å². The van der Waals surface area contributed by atoms with Gasteiger partial charge in [-0.2, -0.15) is 0 Å². The van der Waals surface area contributed by atoms with Crippen molar-refractivity contribution in [3.63, 3.8) is 0 Å². The molecular weight excluding hydrogens is 368 g/mol. The summed E-state index contributed by atoms with van der Waals surface area (Å²) in [6.07, 6.45) is 0. The second-order valence-electron chi connectivity index (χ2n) is 6.40. The normalized spacial score (nSPS) is 10.9. The molecular formula is C23H20N2O2S. The molecule has 3 aromatic carbocycles. The van der Waals surface area contributed by atoms with Gasteiger partial charge in [0.2, 0.25) is 0 Å².